The number of aliphatic hydroxyl groups excluding tert-OH is 1. The first kappa shape index (κ1) is 25.6. The van der Waals surface area contributed by atoms with E-state index in [9.17, 15) is 13.2 Å². The zero-order chi connectivity index (χ0) is 21.7. The van der Waals surface area contributed by atoms with Crippen molar-refractivity contribution in [1.82, 2.24) is 14.5 Å². The third-order valence-electron chi connectivity index (χ3n) is 5.21. The molecular weight excluding hydrogens is 461 g/mol. The number of nitrogens with one attached hydrogen (secondary N) is 1. The third kappa shape index (κ3) is 6.19. The summed E-state index contributed by atoms with van der Waals surface area (Å²) in [6, 6.07) is 13.6. The van der Waals surface area contributed by atoms with Crippen LogP contribution in [0.5, 0.6) is 0 Å². The van der Waals surface area contributed by atoms with Crippen molar-refractivity contribution in [2.24, 2.45) is 0 Å². The molecule has 0 radical (unpaired) electrons. The lowest BCUT2D eigenvalue weighted by atomic mass is 10.1. The Hall–Kier alpha value is -1.68. The molecule has 1 heterocycles. The Kier molecular flexibility index (Phi) is 9.29. The van der Waals surface area contributed by atoms with Crippen molar-refractivity contribution in [3.63, 3.8) is 0 Å². The summed E-state index contributed by atoms with van der Waals surface area (Å²) in [4.78, 5) is 14.6. The molecule has 1 aliphatic rings. The van der Waals surface area contributed by atoms with Crippen LogP contribution in [0.3, 0.4) is 0 Å². The first-order valence-corrected chi connectivity index (χ1v) is 11.6. The molecule has 1 fully saturated rings. The molecular formula is C21H27Cl2N3O4S. The number of carbonyl (C=O) groups excluding carboxylic acids is 1. The molecule has 2 aromatic carbocycles. The van der Waals surface area contributed by atoms with Crippen LogP contribution in [0.15, 0.2) is 53.4 Å². The molecule has 1 aliphatic heterocycles. The molecule has 31 heavy (non-hydrogen) atoms. The Labute approximate surface area is 194 Å². The second-order valence-corrected chi connectivity index (χ2v) is 9.53. The molecule has 2 aromatic rings. The summed E-state index contributed by atoms with van der Waals surface area (Å²) in [5, 5.41) is 12.0. The second-order valence-electron chi connectivity index (χ2n) is 7.22. The van der Waals surface area contributed by atoms with Gasteiger partial charge in [0.15, 0.2) is 0 Å². The highest BCUT2D eigenvalue weighted by Crippen LogP contribution is 2.27. The molecule has 1 saturated heterocycles. The fourth-order valence-electron chi connectivity index (χ4n) is 3.42. The summed E-state index contributed by atoms with van der Waals surface area (Å²) < 4.78 is 27.6. The van der Waals surface area contributed by atoms with Gasteiger partial charge in [-0.25, -0.2) is 8.42 Å². The van der Waals surface area contributed by atoms with Crippen LogP contribution < -0.4 is 5.32 Å². The quantitative estimate of drug-likeness (QED) is 0.626. The number of nitrogens with zero attached hydrogens (tertiary/aromatic N) is 2. The lowest BCUT2D eigenvalue weighted by Crippen LogP contribution is -2.49. The molecule has 3 rings (SSSR count). The van der Waals surface area contributed by atoms with Crippen molar-refractivity contribution in [2.45, 2.75) is 17.9 Å². The van der Waals surface area contributed by atoms with Gasteiger partial charge in [0.2, 0.25) is 10.0 Å². The maximum absolute atomic E-state index is 13.1. The minimum Gasteiger partial charge on any atom is -0.395 e. The van der Waals surface area contributed by atoms with Gasteiger partial charge in [-0.2, -0.15) is 4.31 Å². The summed E-state index contributed by atoms with van der Waals surface area (Å²) in [7, 11) is -3.84. The minimum absolute atomic E-state index is 0. The molecule has 0 bridgehead atoms. The van der Waals surface area contributed by atoms with Crippen LogP contribution in [0.2, 0.25) is 5.02 Å². The molecule has 2 N–H and O–H groups in total. The van der Waals surface area contributed by atoms with Crippen LogP contribution in [0.25, 0.3) is 0 Å². The van der Waals surface area contributed by atoms with Gasteiger partial charge in [0, 0.05) is 38.3 Å². The van der Waals surface area contributed by atoms with Crippen molar-refractivity contribution in [2.75, 3.05) is 39.3 Å². The van der Waals surface area contributed by atoms with Gasteiger partial charge in [0.1, 0.15) is 4.90 Å². The number of amides is 1. The molecule has 1 amide bonds. The zero-order valence-corrected chi connectivity index (χ0v) is 19.6. The Bertz CT molecular complexity index is 981. The van der Waals surface area contributed by atoms with E-state index in [1.54, 1.807) is 0 Å². The van der Waals surface area contributed by atoms with E-state index in [2.05, 4.69) is 5.32 Å². The Balaban J connectivity index is 0.00000341. The van der Waals surface area contributed by atoms with Crippen molar-refractivity contribution < 1.29 is 18.3 Å². The van der Waals surface area contributed by atoms with Gasteiger partial charge in [-0.3, -0.25) is 9.69 Å². The third-order valence-corrected chi connectivity index (χ3v) is 7.59. The molecule has 0 aliphatic carbocycles. The van der Waals surface area contributed by atoms with Crippen molar-refractivity contribution in [3.05, 3.63) is 64.7 Å². The first-order chi connectivity index (χ1) is 14.3. The van der Waals surface area contributed by atoms with E-state index in [-0.39, 0.29) is 46.4 Å². The molecule has 170 valence electrons. The Morgan fingerprint density at radius 2 is 1.77 bits per heavy atom. The van der Waals surface area contributed by atoms with E-state index in [4.69, 9.17) is 16.7 Å². The minimum atomic E-state index is -3.84. The van der Waals surface area contributed by atoms with E-state index in [1.165, 1.54) is 22.5 Å². The monoisotopic (exact) mass is 487 g/mol. The topological polar surface area (TPSA) is 90.0 Å². The number of benzene rings is 2. The van der Waals surface area contributed by atoms with Gasteiger partial charge >= 0.3 is 0 Å². The highest BCUT2D eigenvalue weighted by molar-refractivity contribution is 7.89. The predicted octanol–water partition coefficient (Wildman–Crippen LogP) is 2.55. The SMILES string of the molecule is CC(NC(=O)c1ccc(Cl)c(S(=O)(=O)N2CCN(CCO)CC2)c1)c1ccccc1.Cl. The van der Waals surface area contributed by atoms with Crippen LogP contribution in [0.1, 0.15) is 28.9 Å². The zero-order valence-electron chi connectivity index (χ0n) is 17.2. The summed E-state index contributed by atoms with van der Waals surface area (Å²) >= 11 is 6.20. The van der Waals surface area contributed by atoms with E-state index in [0.29, 0.717) is 32.7 Å². The lowest BCUT2D eigenvalue weighted by molar-refractivity contribution is 0.0939. The average molecular weight is 488 g/mol. The maximum atomic E-state index is 13.1. The molecule has 7 nitrogen and oxygen atoms in total. The smallest absolute Gasteiger partial charge is 0.251 e. The highest BCUT2D eigenvalue weighted by atomic mass is 35.5. The largest absolute Gasteiger partial charge is 0.395 e. The second kappa shape index (κ2) is 11.3. The predicted molar refractivity (Wildman–Crippen MR) is 123 cm³/mol. The fourth-order valence-corrected chi connectivity index (χ4v) is 5.34. The normalized spacial score (nSPS) is 16.4. The maximum Gasteiger partial charge on any atom is 0.251 e. The summed E-state index contributed by atoms with van der Waals surface area (Å²) in [5.41, 5.74) is 1.19. The number of β-amino-alcohol motifs (C(OH)–C–C–N with tert-alkyl or cyclic N) is 1. The number of sulfonamides is 1. The van der Waals surface area contributed by atoms with Crippen LogP contribution in [0.4, 0.5) is 0 Å². The Morgan fingerprint density at radius 1 is 1.13 bits per heavy atom. The van der Waals surface area contributed by atoms with Crippen LogP contribution in [0, 0.1) is 0 Å². The average Bonchev–Trinajstić information content (AvgIpc) is 2.75. The van der Waals surface area contributed by atoms with Gasteiger partial charge in [-0.1, -0.05) is 41.9 Å². The first-order valence-electron chi connectivity index (χ1n) is 9.81. The number of hydrogen-bond donors (Lipinski definition) is 2. The highest BCUT2D eigenvalue weighted by Gasteiger charge is 2.30. The van der Waals surface area contributed by atoms with Gasteiger partial charge in [0.25, 0.3) is 5.91 Å². The van der Waals surface area contributed by atoms with Crippen molar-refractivity contribution >= 4 is 39.9 Å². The molecule has 1 unspecified atom stereocenters. The Morgan fingerprint density at radius 3 is 2.39 bits per heavy atom. The van der Waals surface area contributed by atoms with Gasteiger partial charge in [-0.15, -0.1) is 12.4 Å². The number of halogens is 2. The van der Waals surface area contributed by atoms with E-state index in [0.717, 1.165) is 5.56 Å². The van der Waals surface area contributed by atoms with Crippen LogP contribution in [-0.4, -0.2) is 68.0 Å². The van der Waals surface area contributed by atoms with E-state index < -0.39 is 10.0 Å². The van der Waals surface area contributed by atoms with Gasteiger partial charge in [0.05, 0.1) is 17.7 Å². The summed E-state index contributed by atoms with van der Waals surface area (Å²) in [6.45, 7) is 4.10. The number of piperazine rings is 1. The summed E-state index contributed by atoms with van der Waals surface area (Å²) in [5.74, 6) is -0.368. The number of carbonyl (C=O) groups is 1. The van der Waals surface area contributed by atoms with Crippen molar-refractivity contribution in [3.8, 4) is 0 Å². The van der Waals surface area contributed by atoms with E-state index in [1.807, 2.05) is 42.2 Å². The standard InChI is InChI=1S/C21H26ClN3O4S.ClH/c1-16(17-5-3-2-4-6-17)23-21(27)18-7-8-19(22)20(15-18)30(28,29)25-11-9-24(10-12-25)13-14-26;/h2-8,15-16,26H,9-14H2,1H3,(H,23,27);1H. The molecule has 10 heteroatoms. The number of aliphatic hydroxyl groups is 1. The molecule has 1 atom stereocenters. The van der Waals surface area contributed by atoms with Crippen LogP contribution >= 0.6 is 24.0 Å². The fraction of sp³-hybridized carbons (Fsp3) is 0.381. The molecule has 0 saturated carbocycles. The lowest BCUT2D eigenvalue weighted by Gasteiger charge is -2.33. The van der Waals surface area contributed by atoms with Crippen molar-refractivity contribution in [1.29, 1.82) is 0 Å². The molecule has 0 spiro atoms. The van der Waals surface area contributed by atoms with Crippen LogP contribution in [-0.2, 0) is 10.0 Å². The van der Waals surface area contributed by atoms with Gasteiger partial charge in [-0.05, 0) is 30.7 Å². The number of hydrogen-bond acceptors (Lipinski definition) is 5. The summed E-state index contributed by atoms with van der Waals surface area (Å²) in [6.07, 6.45) is 0. The van der Waals surface area contributed by atoms with Gasteiger partial charge < -0.3 is 10.4 Å². The molecule has 0 aromatic heterocycles. The van der Waals surface area contributed by atoms with E-state index >= 15 is 0 Å². The number of rotatable bonds is 7.